The highest BCUT2D eigenvalue weighted by Crippen LogP contribution is 2.63. The summed E-state index contributed by atoms with van der Waals surface area (Å²) in [6.45, 7) is 10.1. The number of allylic oxidation sites excluding steroid dienone is 1. The van der Waals surface area contributed by atoms with Crippen molar-refractivity contribution in [2.45, 2.75) is 71.8 Å². The minimum atomic E-state index is 0.408. The fraction of sp³-hybridized carbons (Fsp3) is 0.857. The summed E-state index contributed by atoms with van der Waals surface area (Å²) in [5.41, 5.74) is 2.77. The number of hydrogen-bond acceptors (Lipinski definition) is 0. The third kappa shape index (κ3) is 1.93. The second-order valence-corrected chi connectivity index (χ2v) is 10.0. The second kappa shape index (κ2) is 4.85. The molecule has 1 nitrogen and oxygen atoms in total. The number of quaternary nitrogens is 1. The van der Waals surface area contributed by atoms with Gasteiger partial charge in [0, 0.05) is 18.3 Å². The van der Waals surface area contributed by atoms with Crippen LogP contribution in [0.15, 0.2) is 11.6 Å². The van der Waals surface area contributed by atoms with Crippen LogP contribution in [0.1, 0.15) is 66.2 Å². The van der Waals surface area contributed by atoms with Gasteiger partial charge in [0.15, 0.2) is 0 Å². The zero-order chi connectivity index (χ0) is 15.7. The molecule has 124 valence electrons. The van der Waals surface area contributed by atoms with Gasteiger partial charge in [-0.15, -0.1) is 0 Å². The minimum Gasteiger partial charge on any atom is -0.473 e. The van der Waals surface area contributed by atoms with Crippen LogP contribution in [-0.2, 0) is 0 Å². The lowest BCUT2D eigenvalue weighted by atomic mass is 9.43. The Morgan fingerprint density at radius 1 is 1.23 bits per heavy atom. The van der Waals surface area contributed by atoms with Crippen molar-refractivity contribution in [3.8, 4) is 0 Å². The average Bonchev–Trinajstić information content (AvgIpc) is 2.45. The zero-order valence-corrected chi connectivity index (χ0v) is 15.1. The van der Waals surface area contributed by atoms with Gasteiger partial charge in [0.2, 0.25) is 0 Å². The van der Waals surface area contributed by atoms with E-state index < -0.39 is 0 Å². The van der Waals surface area contributed by atoms with Crippen molar-refractivity contribution < 1.29 is 5.32 Å². The van der Waals surface area contributed by atoms with Crippen LogP contribution in [0.5, 0.6) is 0 Å². The molecule has 0 saturated heterocycles. The van der Waals surface area contributed by atoms with Gasteiger partial charge in [-0.2, -0.15) is 7.05 Å². The van der Waals surface area contributed by atoms with E-state index in [0.29, 0.717) is 11.0 Å². The van der Waals surface area contributed by atoms with Crippen molar-refractivity contribution in [2.24, 2.45) is 40.9 Å². The van der Waals surface area contributed by atoms with Crippen LogP contribution in [-0.4, -0.2) is 5.54 Å². The summed E-state index contributed by atoms with van der Waals surface area (Å²) in [5, 5.41) is 2.40. The standard InChI is InChI=1S/C21H35N/c1-13-10-16-12-20(3,4)11-15-8-9-21(22-5)14(2)6-7-17(13)19(21)18(15)16/h8,13-14,16-19H,5-7,9-12,22H2,1-4H3/t13-,14-,16-,17+,18-,19-,21-/m0/s1. The molecule has 0 amide bonds. The first-order chi connectivity index (χ1) is 10.4. The Balaban J connectivity index is 1.82. The molecule has 0 aromatic rings. The van der Waals surface area contributed by atoms with Crippen molar-refractivity contribution in [3.05, 3.63) is 18.7 Å². The minimum absolute atomic E-state index is 0.408. The molecule has 4 aliphatic carbocycles. The lowest BCUT2D eigenvalue weighted by Crippen LogP contribution is -2.97. The molecule has 0 aromatic heterocycles. The molecule has 0 radical (unpaired) electrons. The Bertz CT molecular complexity index is 490. The van der Waals surface area contributed by atoms with Gasteiger partial charge in [0.25, 0.3) is 0 Å². The molecule has 0 unspecified atom stereocenters. The molecule has 1 heteroatoms. The normalized spacial score (nSPS) is 52.7. The van der Waals surface area contributed by atoms with E-state index >= 15 is 0 Å². The van der Waals surface area contributed by atoms with Gasteiger partial charge in [0.05, 0.1) is 5.54 Å². The van der Waals surface area contributed by atoms with E-state index in [0.717, 1.165) is 35.5 Å². The Morgan fingerprint density at radius 3 is 2.73 bits per heavy atom. The first-order valence-corrected chi connectivity index (χ1v) is 9.70. The van der Waals surface area contributed by atoms with Gasteiger partial charge in [0.1, 0.15) is 0 Å². The van der Waals surface area contributed by atoms with E-state index in [1.807, 2.05) is 5.57 Å². The van der Waals surface area contributed by atoms with E-state index in [9.17, 15) is 0 Å². The van der Waals surface area contributed by atoms with Gasteiger partial charge in [-0.05, 0) is 61.2 Å². The van der Waals surface area contributed by atoms with Gasteiger partial charge in [-0.25, -0.2) is 0 Å². The molecule has 0 bridgehead atoms. The summed E-state index contributed by atoms with van der Waals surface area (Å²) in [6, 6.07) is 0. The molecule has 0 spiro atoms. The number of nitrogens with two attached hydrogens (primary N) is 1. The molecule has 7 atom stereocenters. The van der Waals surface area contributed by atoms with Gasteiger partial charge < -0.3 is 5.32 Å². The fourth-order valence-electron chi connectivity index (χ4n) is 7.42. The lowest BCUT2D eigenvalue weighted by molar-refractivity contribution is -0.701. The first-order valence-electron chi connectivity index (χ1n) is 9.70. The second-order valence-electron chi connectivity index (χ2n) is 10.0. The van der Waals surface area contributed by atoms with E-state index in [1.54, 1.807) is 0 Å². The Hall–Kier alpha value is -0.300. The van der Waals surface area contributed by atoms with Crippen LogP contribution in [0.2, 0.25) is 0 Å². The molecule has 0 aliphatic heterocycles. The van der Waals surface area contributed by atoms with E-state index in [-0.39, 0.29) is 0 Å². The highest BCUT2D eigenvalue weighted by atomic mass is 15.0. The van der Waals surface area contributed by atoms with Crippen molar-refractivity contribution in [1.82, 2.24) is 0 Å². The molecule has 3 fully saturated rings. The highest BCUT2D eigenvalue weighted by Gasteiger charge is 2.61. The third-order valence-electron chi connectivity index (χ3n) is 8.26. The van der Waals surface area contributed by atoms with Gasteiger partial charge >= 0.3 is 0 Å². The first kappa shape index (κ1) is 15.2. The Kier molecular flexibility index (Phi) is 3.36. The molecule has 0 heterocycles. The molecule has 0 aromatic carbocycles. The third-order valence-corrected chi connectivity index (χ3v) is 8.26. The topological polar surface area (TPSA) is 16.6 Å². The fourth-order valence-corrected chi connectivity index (χ4v) is 7.42. The number of rotatable bonds is 1. The summed E-state index contributed by atoms with van der Waals surface area (Å²) in [5.74, 6) is 5.44. The molecular weight excluding hydrogens is 266 g/mol. The highest BCUT2D eigenvalue weighted by molar-refractivity contribution is 5.26. The SMILES string of the molecule is [CH2-][NH2+][C@@]12CC=C3CC(C)(C)C[C@@H]4C[C@H](C)[C@@H](CC[C@@H]1C)[C@H]2[C@@H]34. The van der Waals surface area contributed by atoms with Crippen LogP contribution in [0.4, 0.5) is 0 Å². The van der Waals surface area contributed by atoms with Gasteiger partial charge in [-0.3, -0.25) is 0 Å². The number of hydrogen-bond donors (Lipinski definition) is 1. The van der Waals surface area contributed by atoms with E-state index in [1.165, 1.54) is 38.5 Å². The average molecular weight is 302 g/mol. The van der Waals surface area contributed by atoms with Crippen LogP contribution < -0.4 is 5.32 Å². The molecule has 2 N–H and O–H groups in total. The predicted octanol–water partition coefficient (Wildman–Crippen LogP) is 4.16. The predicted molar refractivity (Wildman–Crippen MR) is 91.9 cm³/mol. The molecule has 4 rings (SSSR count). The van der Waals surface area contributed by atoms with Crippen molar-refractivity contribution in [2.75, 3.05) is 0 Å². The van der Waals surface area contributed by atoms with E-state index in [4.69, 9.17) is 0 Å². The molecule has 22 heavy (non-hydrogen) atoms. The maximum atomic E-state index is 4.36. The summed E-state index contributed by atoms with van der Waals surface area (Å²) in [7, 11) is 4.36. The summed E-state index contributed by atoms with van der Waals surface area (Å²) in [6.07, 6.45) is 11.1. The molecule has 3 saturated carbocycles. The van der Waals surface area contributed by atoms with Crippen LogP contribution in [0.25, 0.3) is 0 Å². The summed E-state index contributed by atoms with van der Waals surface area (Å²) < 4.78 is 0. The molecular formula is C21H35N. The van der Waals surface area contributed by atoms with Gasteiger partial charge in [-0.1, -0.05) is 39.3 Å². The largest absolute Gasteiger partial charge is 0.473 e. The lowest BCUT2D eigenvalue weighted by Gasteiger charge is -2.63. The van der Waals surface area contributed by atoms with Crippen molar-refractivity contribution >= 4 is 0 Å². The monoisotopic (exact) mass is 301 g/mol. The summed E-state index contributed by atoms with van der Waals surface area (Å²) >= 11 is 0. The van der Waals surface area contributed by atoms with Crippen molar-refractivity contribution in [3.63, 3.8) is 0 Å². The summed E-state index contributed by atoms with van der Waals surface area (Å²) in [4.78, 5) is 0. The Labute approximate surface area is 137 Å². The Morgan fingerprint density at radius 2 is 2.00 bits per heavy atom. The van der Waals surface area contributed by atoms with Crippen molar-refractivity contribution in [1.29, 1.82) is 0 Å². The maximum absolute atomic E-state index is 4.36. The van der Waals surface area contributed by atoms with Crippen LogP contribution in [0.3, 0.4) is 0 Å². The molecule has 4 aliphatic rings. The smallest absolute Gasteiger partial charge is 0.0821 e. The zero-order valence-electron chi connectivity index (χ0n) is 15.1. The quantitative estimate of drug-likeness (QED) is 0.553. The van der Waals surface area contributed by atoms with Crippen LogP contribution in [0, 0.1) is 48.0 Å². The maximum Gasteiger partial charge on any atom is 0.0821 e. The van der Waals surface area contributed by atoms with Crippen LogP contribution >= 0.6 is 0 Å². The van der Waals surface area contributed by atoms with E-state index in [2.05, 4.69) is 46.1 Å².